The second kappa shape index (κ2) is 10.3. The molecule has 188 valence electrons. The van der Waals surface area contributed by atoms with Crippen LogP contribution in [-0.4, -0.2) is 44.4 Å². The summed E-state index contributed by atoms with van der Waals surface area (Å²) >= 11 is 0. The van der Waals surface area contributed by atoms with Crippen LogP contribution < -0.4 is 0 Å². The Morgan fingerprint density at radius 1 is 1.03 bits per heavy atom. The van der Waals surface area contributed by atoms with E-state index in [1.807, 2.05) is 36.4 Å². The molecule has 1 amide bonds. The summed E-state index contributed by atoms with van der Waals surface area (Å²) in [5.74, 6) is -0.237. The fourth-order valence-corrected chi connectivity index (χ4v) is 4.02. The van der Waals surface area contributed by atoms with Crippen molar-refractivity contribution in [3.63, 3.8) is 0 Å². The zero-order chi connectivity index (χ0) is 25.8. The summed E-state index contributed by atoms with van der Waals surface area (Å²) in [6.07, 6.45) is 1.05. The number of pyridine rings is 1. The number of halogens is 3. The lowest BCUT2D eigenvalue weighted by Crippen LogP contribution is -2.40. The van der Waals surface area contributed by atoms with E-state index in [4.69, 9.17) is 4.84 Å². The number of hydrogen-bond donors (Lipinski definition) is 0. The summed E-state index contributed by atoms with van der Waals surface area (Å²) in [6, 6.07) is 17.7. The van der Waals surface area contributed by atoms with E-state index in [0.717, 1.165) is 23.4 Å². The summed E-state index contributed by atoms with van der Waals surface area (Å²) in [4.78, 5) is 24.6. The topological polar surface area (TPSA) is 72.6 Å². The fourth-order valence-electron chi connectivity index (χ4n) is 4.02. The Hall–Kier alpha value is -4.47. The van der Waals surface area contributed by atoms with Gasteiger partial charge in [-0.3, -0.25) is 9.78 Å². The van der Waals surface area contributed by atoms with Crippen molar-refractivity contribution in [3.8, 4) is 5.69 Å². The number of alkyl halides is 3. The number of carbonyl (C=O) groups is 1. The van der Waals surface area contributed by atoms with Gasteiger partial charge in [0, 0.05) is 30.9 Å². The van der Waals surface area contributed by atoms with Crippen LogP contribution in [0.4, 0.5) is 13.2 Å². The van der Waals surface area contributed by atoms with Crippen LogP contribution in [0, 0.1) is 0 Å². The van der Waals surface area contributed by atoms with E-state index in [1.54, 1.807) is 34.2 Å². The first kappa shape index (κ1) is 24.2. The van der Waals surface area contributed by atoms with Crippen molar-refractivity contribution < 1.29 is 22.8 Å². The lowest BCUT2D eigenvalue weighted by molar-refractivity contribution is -0.137. The summed E-state index contributed by atoms with van der Waals surface area (Å²) in [5.41, 5.74) is 2.79. The van der Waals surface area contributed by atoms with Gasteiger partial charge < -0.3 is 9.74 Å². The Bertz CT molecular complexity index is 1400. The zero-order valence-electron chi connectivity index (χ0n) is 19.6. The molecule has 5 rings (SSSR count). The van der Waals surface area contributed by atoms with Crippen LogP contribution in [0.5, 0.6) is 0 Å². The predicted octanol–water partition coefficient (Wildman–Crippen LogP) is 4.91. The van der Waals surface area contributed by atoms with Crippen LogP contribution in [0.25, 0.3) is 5.69 Å². The molecule has 4 aromatic rings. The second-order valence-corrected chi connectivity index (χ2v) is 8.49. The van der Waals surface area contributed by atoms with E-state index in [0.29, 0.717) is 35.5 Å². The molecule has 7 nitrogen and oxygen atoms in total. The maximum atomic E-state index is 13.3. The molecular weight excluding hydrogens is 483 g/mol. The van der Waals surface area contributed by atoms with E-state index in [2.05, 4.69) is 15.2 Å². The van der Waals surface area contributed by atoms with Crippen LogP contribution in [0.1, 0.15) is 32.7 Å². The van der Waals surface area contributed by atoms with E-state index < -0.39 is 11.7 Å². The van der Waals surface area contributed by atoms with Crippen molar-refractivity contribution in [1.82, 2.24) is 19.7 Å². The average molecular weight is 506 g/mol. The van der Waals surface area contributed by atoms with Crippen LogP contribution in [-0.2, 0) is 24.0 Å². The standard InChI is InChI=1S/C27H22F3N5O2/c28-27(29,30)21-10-8-20(9-11-21)25(33-37-18-19-5-2-1-3-6-19)17-34-14-12-24-23(26(34)36)16-35(32-24)22-7-4-13-31-15-22/h1-11,13,15-16H,12,14,17-18H2/b33-25-. The number of carbonyl (C=O) groups excluding carboxylic acids is 1. The Morgan fingerprint density at radius 2 is 1.81 bits per heavy atom. The number of rotatable bonds is 7. The SMILES string of the molecule is O=C1c2cn(-c3cccnc3)nc2CCN1C/C(=N/OCc1ccccc1)c1ccc(C(F)(F)F)cc1. The van der Waals surface area contributed by atoms with Crippen LogP contribution in [0.15, 0.2) is 90.5 Å². The summed E-state index contributed by atoms with van der Waals surface area (Å²) in [7, 11) is 0. The minimum Gasteiger partial charge on any atom is -0.391 e. The first-order valence-corrected chi connectivity index (χ1v) is 11.6. The van der Waals surface area contributed by atoms with Gasteiger partial charge >= 0.3 is 6.18 Å². The van der Waals surface area contributed by atoms with Gasteiger partial charge in [-0.15, -0.1) is 0 Å². The number of nitrogens with zero attached hydrogens (tertiary/aromatic N) is 5. The number of amides is 1. The van der Waals surface area contributed by atoms with Crippen molar-refractivity contribution in [2.75, 3.05) is 13.1 Å². The molecule has 3 heterocycles. The predicted molar refractivity (Wildman–Crippen MR) is 130 cm³/mol. The molecule has 2 aromatic carbocycles. The van der Waals surface area contributed by atoms with E-state index in [1.165, 1.54) is 12.1 Å². The molecule has 0 aliphatic carbocycles. The van der Waals surface area contributed by atoms with Crippen LogP contribution in [0.2, 0.25) is 0 Å². The van der Waals surface area contributed by atoms with Gasteiger partial charge in [0.05, 0.1) is 35.2 Å². The Morgan fingerprint density at radius 3 is 2.51 bits per heavy atom. The van der Waals surface area contributed by atoms with Gasteiger partial charge in [0.25, 0.3) is 5.91 Å². The molecule has 0 spiro atoms. The van der Waals surface area contributed by atoms with E-state index in [-0.39, 0.29) is 19.1 Å². The van der Waals surface area contributed by atoms with E-state index in [9.17, 15) is 18.0 Å². The highest BCUT2D eigenvalue weighted by Gasteiger charge is 2.31. The quantitative estimate of drug-likeness (QED) is 0.265. The minimum absolute atomic E-state index is 0.0660. The summed E-state index contributed by atoms with van der Waals surface area (Å²) < 4.78 is 40.9. The molecule has 0 saturated carbocycles. The molecule has 0 bridgehead atoms. The Labute approximate surface area is 210 Å². The number of benzene rings is 2. The molecule has 2 aromatic heterocycles. The summed E-state index contributed by atoms with van der Waals surface area (Å²) in [6.45, 7) is 0.631. The van der Waals surface area contributed by atoms with Crippen molar-refractivity contribution in [2.45, 2.75) is 19.2 Å². The highest BCUT2D eigenvalue weighted by molar-refractivity contribution is 6.05. The Balaban J connectivity index is 1.38. The number of oxime groups is 1. The normalized spacial score (nSPS) is 14.0. The first-order valence-electron chi connectivity index (χ1n) is 11.6. The first-order chi connectivity index (χ1) is 17.9. The fraction of sp³-hybridized carbons (Fsp3) is 0.185. The monoisotopic (exact) mass is 505 g/mol. The highest BCUT2D eigenvalue weighted by atomic mass is 19.4. The molecule has 0 fully saturated rings. The Kier molecular flexibility index (Phi) is 6.72. The lowest BCUT2D eigenvalue weighted by Gasteiger charge is -2.26. The van der Waals surface area contributed by atoms with Gasteiger partial charge in [-0.2, -0.15) is 18.3 Å². The zero-order valence-corrected chi connectivity index (χ0v) is 19.6. The van der Waals surface area contributed by atoms with Gasteiger partial charge in [-0.25, -0.2) is 4.68 Å². The van der Waals surface area contributed by atoms with Gasteiger partial charge in [0.15, 0.2) is 0 Å². The molecule has 0 atom stereocenters. The van der Waals surface area contributed by atoms with Crippen molar-refractivity contribution in [1.29, 1.82) is 0 Å². The van der Waals surface area contributed by atoms with E-state index >= 15 is 0 Å². The largest absolute Gasteiger partial charge is 0.416 e. The molecule has 0 radical (unpaired) electrons. The molecule has 1 aliphatic rings. The molecule has 0 N–H and O–H groups in total. The third-order valence-corrected chi connectivity index (χ3v) is 5.97. The molecular formula is C27H22F3N5O2. The van der Waals surface area contributed by atoms with Crippen molar-refractivity contribution in [2.24, 2.45) is 5.16 Å². The smallest absolute Gasteiger partial charge is 0.391 e. The minimum atomic E-state index is -4.45. The average Bonchev–Trinajstić information content (AvgIpc) is 3.36. The third kappa shape index (κ3) is 5.53. The summed E-state index contributed by atoms with van der Waals surface area (Å²) in [5, 5.41) is 8.76. The molecule has 1 aliphatic heterocycles. The van der Waals surface area contributed by atoms with Crippen LogP contribution >= 0.6 is 0 Å². The van der Waals surface area contributed by atoms with Crippen molar-refractivity contribution in [3.05, 3.63) is 113 Å². The second-order valence-electron chi connectivity index (χ2n) is 8.49. The molecule has 0 saturated heterocycles. The van der Waals surface area contributed by atoms with Gasteiger partial charge in [-0.05, 0) is 29.8 Å². The van der Waals surface area contributed by atoms with Crippen LogP contribution in [0.3, 0.4) is 0 Å². The maximum Gasteiger partial charge on any atom is 0.416 e. The van der Waals surface area contributed by atoms with Crippen molar-refractivity contribution >= 4 is 11.6 Å². The third-order valence-electron chi connectivity index (χ3n) is 5.97. The van der Waals surface area contributed by atoms with Gasteiger partial charge in [-0.1, -0.05) is 47.6 Å². The molecule has 0 unspecified atom stereocenters. The number of aromatic nitrogens is 3. The van der Waals surface area contributed by atoms with Gasteiger partial charge in [0.2, 0.25) is 0 Å². The molecule has 37 heavy (non-hydrogen) atoms. The molecule has 10 heteroatoms. The highest BCUT2D eigenvalue weighted by Crippen LogP contribution is 2.29. The number of fused-ring (bicyclic) bond motifs is 1. The van der Waals surface area contributed by atoms with Gasteiger partial charge in [0.1, 0.15) is 12.3 Å². The maximum absolute atomic E-state index is 13.3. The lowest BCUT2D eigenvalue weighted by atomic mass is 10.0. The number of hydrogen-bond acceptors (Lipinski definition) is 5.